The van der Waals surface area contributed by atoms with Crippen LogP contribution in [-0.4, -0.2) is 16.1 Å². The van der Waals surface area contributed by atoms with E-state index in [0.29, 0.717) is 10.9 Å². The lowest BCUT2D eigenvalue weighted by Gasteiger charge is -2.11. The molecule has 0 radical (unpaired) electrons. The highest BCUT2D eigenvalue weighted by atomic mass is 19.4. The van der Waals surface area contributed by atoms with E-state index < -0.39 is 12.1 Å². The molecule has 0 saturated heterocycles. The molecule has 2 rings (SSSR count). The molecule has 2 aromatic rings. The number of fused-ring (bicyclic) bond motifs is 1. The molecule has 0 unspecified atom stereocenters. The number of nitrogens with zero attached hydrogens (tertiary/aromatic N) is 2. The van der Waals surface area contributed by atoms with Crippen LogP contribution < -0.4 is 10.5 Å². The lowest BCUT2D eigenvalue weighted by atomic mass is 10.2. The van der Waals surface area contributed by atoms with Gasteiger partial charge in [-0.15, -0.1) is 13.2 Å². The van der Waals surface area contributed by atoms with E-state index in [1.165, 1.54) is 23.0 Å². The zero-order chi connectivity index (χ0) is 11.9. The van der Waals surface area contributed by atoms with Gasteiger partial charge in [0.2, 0.25) is 0 Å². The first-order chi connectivity index (χ1) is 7.38. The van der Waals surface area contributed by atoms with Gasteiger partial charge in [-0.25, -0.2) is 0 Å². The van der Waals surface area contributed by atoms with E-state index in [0.717, 1.165) is 0 Å². The molecule has 1 aromatic carbocycles. The fourth-order valence-corrected chi connectivity index (χ4v) is 1.49. The molecule has 0 bridgehead atoms. The standard InChI is InChI=1S/C9H8F3N3O/c1-15-8-5(4-14-15)2-3-6(7(8)13)16-9(10,11)12/h2-4H,13H2,1H3. The highest BCUT2D eigenvalue weighted by Crippen LogP contribution is 2.33. The van der Waals surface area contributed by atoms with Gasteiger partial charge < -0.3 is 10.5 Å². The van der Waals surface area contributed by atoms with E-state index in [9.17, 15) is 13.2 Å². The summed E-state index contributed by atoms with van der Waals surface area (Å²) in [4.78, 5) is 0. The number of nitrogens with two attached hydrogens (primary N) is 1. The van der Waals surface area contributed by atoms with Gasteiger partial charge in [0.15, 0.2) is 5.75 Å². The van der Waals surface area contributed by atoms with E-state index in [1.54, 1.807) is 7.05 Å². The molecule has 0 amide bonds. The summed E-state index contributed by atoms with van der Waals surface area (Å²) in [6, 6.07) is 2.65. The number of aromatic nitrogens is 2. The molecule has 0 spiro atoms. The number of halogens is 3. The number of anilines is 1. The minimum atomic E-state index is -4.75. The Morgan fingerprint density at radius 3 is 2.69 bits per heavy atom. The van der Waals surface area contributed by atoms with Gasteiger partial charge in [0.25, 0.3) is 0 Å². The summed E-state index contributed by atoms with van der Waals surface area (Å²) < 4.78 is 41.3. The van der Waals surface area contributed by atoms with Gasteiger partial charge in [-0.3, -0.25) is 4.68 Å². The molecule has 86 valence electrons. The Hall–Kier alpha value is -1.92. The smallest absolute Gasteiger partial charge is 0.403 e. The molecule has 0 aliphatic carbocycles. The van der Waals surface area contributed by atoms with Crippen molar-refractivity contribution >= 4 is 16.6 Å². The van der Waals surface area contributed by atoms with Gasteiger partial charge in [-0.1, -0.05) is 0 Å². The maximum absolute atomic E-state index is 12.0. The molecule has 0 fully saturated rings. The van der Waals surface area contributed by atoms with Crippen LogP contribution in [0.2, 0.25) is 0 Å². The first kappa shape index (κ1) is 10.6. The Bertz CT molecular complexity index is 533. The Balaban J connectivity index is 2.56. The van der Waals surface area contributed by atoms with Crippen molar-refractivity contribution in [3.05, 3.63) is 18.3 Å². The second-order valence-corrected chi connectivity index (χ2v) is 3.23. The minimum Gasteiger partial charge on any atom is -0.403 e. The van der Waals surface area contributed by atoms with Crippen LogP contribution in [0.3, 0.4) is 0 Å². The summed E-state index contributed by atoms with van der Waals surface area (Å²) in [5, 5.41) is 4.56. The van der Waals surface area contributed by atoms with E-state index in [2.05, 4.69) is 9.84 Å². The van der Waals surface area contributed by atoms with Gasteiger partial charge in [0.05, 0.1) is 11.7 Å². The Kier molecular flexibility index (Phi) is 2.18. The second-order valence-electron chi connectivity index (χ2n) is 3.23. The molecule has 0 aliphatic rings. The molecular formula is C9H8F3N3O. The number of benzene rings is 1. The van der Waals surface area contributed by atoms with Crippen LogP contribution in [0.15, 0.2) is 18.3 Å². The van der Waals surface area contributed by atoms with Crippen molar-refractivity contribution in [1.29, 1.82) is 0 Å². The number of hydrogen-bond donors (Lipinski definition) is 1. The Morgan fingerprint density at radius 1 is 1.38 bits per heavy atom. The number of aryl methyl sites for hydroxylation is 1. The van der Waals surface area contributed by atoms with Crippen LogP contribution in [-0.2, 0) is 7.05 Å². The van der Waals surface area contributed by atoms with E-state index in [4.69, 9.17) is 5.73 Å². The van der Waals surface area contributed by atoms with Gasteiger partial charge in [0, 0.05) is 12.4 Å². The van der Waals surface area contributed by atoms with E-state index >= 15 is 0 Å². The third-order valence-electron chi connectivity index (χ3n) is 2.13. The molecule has 16 heavy (non-hydrogen) atoms. The lowest BCUT2D eigenvalue weighted by molar-refractivity contribution is -0.274. The average molecular weight is 231 g/mol. The molecule has 7 heteroatoms. The normalized spacial score (nSPS) is 12.0. The van der Waals surface area contributed by atoms with Gasteiger partial charge in [0.1, 0.15) is 5.69 Å². The van der Waals surface area contributed by atoms with Crippen molar-refractivity contribution in [3.63, 3.8) is 0 Å². The predicted molar refractivity (Wildman–Crippen MR) is 51.8 cm³/mol. The summed E-state index contributed by atoms with van der Waals surface area (Å²) in [7, 11) is 1.59. The largest absolute Gasteiger partial charge is 0.573 e. The molecule has 1 heterocycles. The highest BCUT2D eigenvalue weighted by Gasteiger charge is 2.32. The van der Waals surface area contributed by atoms with Gasteiger partial charge >= 0.3 is 6.36 Å². The first-order valence-corrected chi connectivity index (χ1v) is 4.34. The van der Waals surface area contributed by atoms with Crippen LogP contribution in [0.25, 0.3) is 10.9 Å². The van der Waals surface area contributed by atoms with Crippen LogP contribution in [0, 0.1) is 0 Å². The minimum absolute atomic E-state index is 0.0742. The maximum Gasteiger partial charge on any atom is 0.573 e. The summed E-state index contributed by atoms with van der Waals surface area (Å²) in [5.74, 6) is -0.413. The number of ether oxygens (including phenoxy) is 1. The SMILES string of the molecule is Cn1ncc2ccc(OC(F)(F)F)c(N)c21. The monoisotopic (exact) mass is 231 g/mol. The summed E-state index contributed by atoms with van der Waals surface area (Å²) in [6.07, 6.45) is -3.23. The van der Waals surface area contributed by atoms with Crippen molar-refractivity contribution in [3.8, 4) is 5.75 Å². The van der Waals surface area contributed by atoms with Crippen molar-refractivity contribution in [2.75, 3.05) is 5.73 Å². The summed E-state index contributed by atoms with van der Waals surface area (Å²) in [5.41, 5.74) is 5.93. The highest BCUT2D eigenvalue weighted by molar-refractivity contribution is 5.92. The van der Waals surface area contributed by atoms with E-state index in [1.807, 2.05) is 0 Å². The van der Waals surface area contributed by atoms with Gasteiger partial charge in [-0.2, -0.15) is 5.10 Å². The number of nitrogen functional groups attached to an aromatic ring is 1. The molecule has 0 saturated carbocycles. The summed E-state index contributed by atoms with van der Waals surface area (Å²) in [6.45, 7) is 0. The van der Waals surface area contributed by atoms with Crippen LogP contribution in [0.4, 0.5) is 18.9 Å². The fraction of sp³-hybridized carbons (Fsp3) is 0.222. The van der Waals surface area contributed by atoms with Crippen LogP contribution in [0.1, 0.15) is 0 Å². The van der Waals surface area contributed by atoms with Crippen molar-refractivity contribution in [2.45, 2.75) is 6.36 Å². The predicted octanol–water partition coefficient (Wildman–Crippen LogP) is 2.05. The zero-order valence-corrected chi connectivity index (χ0v) is 8.25. The maximum atomic E-state index is 12.0. The quantitative estimate of drug-likeness (QED) is 0.764. The Morgan fingerprint density at radius 2 is 2.06 bits per heavy atom. The topological polar surface area (TPSA) is 53.1 Å². The third-order valence-corrected chi connectivity index (χ3v) is 2.13. The van der Waals surface area contributed by atoms with Crippen LogP contribution >= 0.6 is 0 Å². The lowest BCUT2D eigenvalue weighted by Crippen LogP contribution is -2.18. The number of hydrogen-bond acceptors (Lipinski definition) is 3. The second kappa shape index (κ2) is 3.29. The van der Waals surface area contributed by atoms with E-state index in [-0.39, 0.29) is 5.69 Å². The molecule has 0 aliphatic heterocycles. The third kappa shape index (κ3) is 1.75. The average Bonchev–Trinajstić information content (AvgIpc) is 2.51. The molecular weight excluding hydrogens is 223 g/mol. The molecule has 4 nitrogen and oxygen atoms in total. The van der Waals surface area contributed by atoms with Crippen molar-refractivity contribution in [1.82, 2.24) is 9.78 Å². The molecule has 1 aromatic heterocycles. The molecule has 2 N–H and O–H groups in total. The van der Waals surface area contributed by atoms with Gasteiger partial charge in [-0.05, 0) is 12.1 Å². The fourth-order valence-electron chi connectivity index (χ4n) is 1.49. The Labute approximate surface area is 88.4 Å². The summed E-state index contributed by atoms with van der Waals surface area (Å²) >= 11 is 0. The molecule has 0 atom stereocenters. The number of alkyl halides is 3. The first-order valence-electron chi connectivity index (χ1n) is 4.34. The van der Waals surface area contributed by atoms with Crippen molar-refractivity contribution in [2.24, 2.45) is 7.05 Å². The zero-order valence-electron chi connectivity index (χ0n) is 8.25. The number of rotatable bonds is 1. The van der Waals surface area contributed by atoms with Crippen molar-refractivity contribution < 1.29 is 17.9 Å². The van der Waals surface area contributed by atoms with Crippen LogP contribution in [0.5, 0.6) is 5.75 Å².